The van der Waals surface area contributed by atoms with E-state index in [1.54, 1.807) is 19.9 Å². The summed E-state index contributed by atoms with van der Waals surface area (Å²) in [6, 6.07) is 3.91. The fourth-order valence-corrected chi connectivity index (χ4v) is 2.67. The van der Waals surface area contributed by atoms with Crippen LogP contribution in [0.15, 0.2) is 27.4 Å². The minimum absolute atomic E-state index is 0.249. The average molecular weight is 361 g/mol. The van der Waals surface area contributed by atoms with Crippen molar-refractivity contribution < 1.29 is 23.8 Å². The molecule has 0 bridgehead atoms. The lowest BCUT2D eigenvalue weighted by atomic mass is 10.0. The Morgan fingerprint density at radius 1 is 1.27 bits per heavy atom. The molecule has 1 heterocycles. The summed E-state index contributed by atoms with van der Waals surface area (Å²) in [6.07, 6.45) is 0.662. The molecule has 2 aromatic rings. The van der Waals surface area contributed by atoms with Crippen molar-refractivity contribution in [3.05, 3.63) is 39.7 Å². The summed E-state index contributed by atoms with van der Waals surface area (Å²) in [4.78, 5) is 34.8. The lowest BCUT2D eigenvalue weighted by Gasteiger charge is -2.18. The van der Waals surface area contributed by atoms with E-state index >= 15 is 0 Å². The van der Waals surface area contributed by atoms with Gasteiger partial charge in [-0.1, -0.05) is 20.8 Å². The second-order valence-corrected chi connectivity index (χ2v) is 6.47. The summed E-state index contributed by atoms with van der Waals surface area (Å²) in [7, 11) is 0. The molecule has 0 saturated carbocycles. The third-order valence-corrected chi connectivity index (χ3v) is 4.12. The maximum absolute atomic E-state index is 12.0. The van der Waals surface area contributed by atoms with Crippen molar-refractivity contribution in [2.75, 3.05) is 6.61 Å². The molecule has 7 nitrogen and oxygen atoms in total. The third kappa shape index (κ3) is 4.41. The minimum Gasteiger partial charge on any atom is -0.483 e. The number of nitrogens with one attached hydrogen (secondary N) is 1. The van der Waals surface area contributed by atoms with Crippen molar-refractivity contribution in [2.45, 2.75) is 40.2 Å². The molecule has 1 aromatic heterocycles. The highest BCUT2D eigenvalue weighted by Gasteiger charge is 2.23. The molecule has 0 aliphatic heterocycles. The normalized spacial score (nSPS) is 12.2. The SMILES string of the molecule is CCc1cc2c(C)cc(=O)oc2cc1OCC(=O)N[C@@H](C(=O)O)C(C)C. The summed E-state index contributed by atoms with van der Waals surface area (Å²) in [5.74, 6) is -1.44. The van der Waals surface area contributed by atoms with Gasteiger partial charge in [0, 0.05) is 17.5 Å². The van der Waals surface area contributed by atoms with Gasteiger partial charge < -0.3 is 19.6 Å². The number of fused-ring (bicyclic) bond motifs is 1. The molecule has 0 aliphatic rings. The Morgan fingerprint density at radius 2 is 1.96 bits per heavy atom. The van der Waals surface area contributed by atoms with Crippen LogP contribution in [-0.2, 0) is 16.0 Å². The van der Waals surface area contributed by atoms with Gasteiger partial charge in [-0.25, -0.2) is 9.59 Å². The lowest BCUT2D eigenvalue weighted by molar-refractivity contribution is -0.143. The van der Waals surface area contributed by atoms with E-state index in [0.29, 0.717) is 17.8 Å². The highest BCUT2D eigenvalue weighted by atomic mass is 16.5. The molecule has 0 spiro atoms. The number of aliphatic carboxylic acids is 1. The summed E-state index contributed by atoms with van der Waals surface area (Å²) < 4.78 is 10.8. The number of hydrogen-bond donors (Lipinski definition) is 2. The standard InChI is InChI=1S/C19H23NO6/c1-5-12-7-13-11(4)6-17(22)26-15(13)8-14(12)25-9-16(21)20-18(10(2)3)19(23)24/h6-8,10,18H,5,9H2,1-4H3,(H,20,21)(H,23,24)/t18-/m1/s1. The molecule has 2 rings (SSSR count). The van der Waals surface area contributed by atoms with E-state index in [4.69, 9.17) is 14.3 Å². The monoisotopic (exact) mass is 361 g/mol. The summed E-state index contributed by atoms with van der Waals surface area (Å²) in [5.41, 5.74) is 1.59. The largest absolute Gasteiger partial charge is 0.483 e. The van der Waals surface area contributed by atoms with Crippen molar-refractivity contribution in [1.82, 2.24) is 5.32 Å². The second-order valence-electron chi connectivity index (χ2n) is 6.47. The average Bonchev–Trinajstić information content (AvgIpc) is 2.56. The first-order valence-electron chi connectivity index (χ1n) is 8.45. The van der Waals surface area contributed by atoms with Crippen LogP contribution in [0.1, 0.15) is 31.9 Å². The molecule has 1 atom stereocenters. The van der Waals surface area contributed by atoms with Crippen molar-refractivity contribution in [2.24, 2.45) is 5.92 Å². The number of benzene rings is 1. The van der Waals surface area contributed by atoms with Crippen molar-refractivity contribution in [1.29, 1.82) is 0 Å². The molecule has 1 aromatic carbocycles. The van der Waals surface area contributed by atoms with E-state index in [2.05, 4.69) is 5.32 Å². The number of aryl methyl sites for hydroxylation is 2. The van der Waals surface area contributed by atoms with E-state index in [0.717, 1.165) is 16.5 Å². The lowest BCUT2D eigenvalue weighted by Crippen LogP contribution is -2.46. The fourth-order valence-electron chi connectivity index (χ4n) is 2.67. The van der Waals surface area contributed by atoms with E-state index < -0.39 is 23.5 Å². The van der Waals surface area contributed by atoms with Crippen LogP contribution >= 0.6 is 0 Å². The predicted molar refractivity (Wildman–Crippen MR) is 96.5 cm³/mol. The quantitative estimate of drug-likeness (QED) is 0.733. The Kier molecular flexibility index (Phi) is 6.02. The van der Waals surface area contributed by atoms with Gasteiger partial charge in [0.25, 0.3) is 5.91 Å². The van der Waals surface area contributed by atoms with Gasteiger partial charge in [-0.15, -0.1) is 0 Å². The van der Waals surface area contributed by atoms with Gasteiger partial charge in [-0.05, 0) is 36.5 Å². The van der Waals surface area contributed by atoms with Crippen LogP contribution in [0.4, 0.5) is 0 Å². The van der Waals surface area contributed by atoms with Crippen LogP contribution in [0.2, 0.25) is 0 Å². The first kappa shape index (κ1) is 19.5. The molecule has 2 N–H and O–H groups in total. The van der Waals surface area contributed by atoms with Crippen LogP contribution < -0.4 is 15.7 Å². The highest BCUT2D eigenvalue weighted by molar-refractivity contribution is 5.85. The zero-order chi connectivity index (χ0) is 19.4. The molecule has 0 saturated heterocycles. The summed E-state index contributed by atoms with van der Waals surface area (Å²) >= 11 is 0. The Bertz CT molecular complexity index is 883. The maximum atomic E-state index is 12.0. The van der Waals surface area contributed by atoms with Crippen molar-refractivity contribution in [3.8, 4) is 5.75 Å². The number of amides is 1. The Balaban J connectivity index is 2.21. The molecule has 26 heavy (non-hydrogen) atoms. The number of carboxylic acid groups (broad SMARTS) is 1. The molecule has 7 heteroatoms. The molecular formula is C19H23NO6. The number of ether oxygens (including phenoxy) is 1. The topological polar surface area (TPSA) is 106 Å². The minimum atomic E-state index is -1.09. The van der Waals surface area contributed by atoms with E-state index in [1.807, 2.05) is 19.9 Å². The molecule has 0 radical (unpaired) electrons. The van der Waals surface area contributed by atoms with Crippen LogP contribution in [0.25, 0.3) is 11.0 Å². The van der Waals surface area contributed by atoms with Gasteiger partial charge in [0.2, 0.25) is 0 Å². The van der Waals surface area contributed by atoms with Gasteiger partial charge in [-0.3, -0.25) is 4.79 Å². The molecular weight excluding hydrogens is 338 g/mol. The summed E-state index contributed by atoms with van der Waals surface area (Å²) in [6.45, 7) is 6.86. The molecule has 0 aliphatic carbocycles. The van der Waals surface area contributed by atoms with Gasteiger partial charge in [0.05, 0.1) is 0 Å². The Hall–Kier alpha value is -2.83. The van der Waals surface area contributed by atoms with Crippen molar-refractivity contribution in [3.63, 3.8) is 0 Å². The number of hydrogen-bond acceptors (Lipinski definition) is 5. The fraction of sp³-hybridized carbons (Fsp3) is 0.421. The summed E-state index contributed by atoms with van der Waals surface area (Å²) in [5, 5.41) is 12.4. The number of rotatable bonds is 7. The van der Waals surface area contributed by atoms with Gasteiger partial charge in [-0.2, -0.15) is 0 Å². The zero-order valence-electron chi connectivity index (χ0n) is 15.3. The maximum Gasteiger partial charge on any atom is 0.336 e. The van der Waals surface area contributed by atoms with Crippen LogP contribution in [0.3, 0.4) is 0 Å². The smallest absolute Gasteiger partial charge is 0.336 e. The predicted octanol–water partition coefficient (Wildman–Crippen LogP) is 2.27. The van der Waals surface area contributed by atoms with Gasteiger partial charge in [0.1, 0.15) is 17.4 Å². The van der Waals surface area contributed by atoms with E-state index in [1.165, 1.54) is 6.07 Å². The highest BCUT2D eigenvalue weighted by Crippen LogP contribution is 2.27. The molecule has 0 fully saturated rings. The number of carboxylic acids is 1. The number of carbonyl (C=O) groups excluding carboxylic acids is 1. The first-order chi connectivity index (χ1) is 12.2. The van der Waals surface area contributed by atoms with Crippen LogP contribution in [0, 0.1) is 12.8 Å². The van der Waals surface area contributed by atoms with Crippen LogP contribution in [0.5, 0.6) is 5.75 Å². The van der Waals surface area contributed by atoms with E-state index in [-0.39, 0.29) is 12.5 Å². The van der Waals surface area contributed by atoms with Gasteiger partial charge >= 0.3 is 11.6 Å². The third-order valence-electron chi connectivity index (χ3n) is 4.12. The molecule has 1 amide bonds. The van der Waals surface area contributed by atoms with Crippen LogP contribution in [-0.4, -0.2) is 29.6 Å². The number of carbonyl (C=O) groups is 2. The first-order valence-corrected chi connectivity index (χ1v) is 8.45. The Morgan fingerprint density at radius 3 is 2.54 bits per heavy atom. The Labute approximate surface area is 151 Å². The van der Waals surface area contributed by atoms with Gasteiger partial charge in [0.15, 0.2) is 6.61 Å². The zero-order valence-corrected chi connectivity index (χ0v) is 15.3. The van der Waals surface area contributed by atoms with E-state index in [9.17, 15) is 14.4 Å². The molecule has 0 unspecified atom stereocenters. The second kappa shape index (κ2) is 8.03. The molecule has 140 valence electrons. The van der Waals surface area contributed by atoms with Crippen molar-refractivity contribution >= 4 is 22.8 Å².